The van der Waals surface area contributed by atoms with Gasteiger partial charge >= 0.3 is 0 Å². The van der Waals surface area contributed by atoms with Crippen molar-refractivity contribution in [1.29, 1.82) is 0 Å². The third-order valence-corrected chi connectivity index (χ3v) is 3.25. The Kier molecular flexibility index (Phi) is 3.83. The number of anilines is 1. The van der Waals surface area contributed by atoms with E-state index in [0.29, 0.717) is 0 Å². The van der Waals surface area contributed by atoms with Crippen molar-refractivity contribution in [3.63, 3.8) is 0 Å². The van der Waals surface area contributed by atoms with Gasteiger partial charge in [0.2, 0.25) is 0 Å². The molecule has 0 aliphatic heterocycles. The van der Waals surface area contributed by atoms with E-state index in [-0.39, 0.29) is 0 Å². The predicted octanol–water partition coefficient (Wildman–Crippen LogP) is 2.96. The summed E-state index contributed by atoms with van der Waals surface area (Å²) in [6.45, 7) is 2.16. The Balaban J connectivity index is 1.87. The molecule has 1 N–H and O–H groups in total. The molecule has 2 heteroatoms. The highest BCUT2D eigenvalue weighted by Gasteiger charge is 2.16. The van der Waals surface area contributed by atoms with Gasteiger partial charge in [0.1, 0.15) is 0 Å². The van der Waals surface area contributed by atoms with Gasteiger partial charge in [-0.15, -0.1) is 0 Å². The second kappa shape index (κ2) is 5.35. The third kappa shape index (κ3) is 3.24. The molecule has 88 valence electrons. The van der Waals surface area contributed by atoms with Crippen molar-refractivity contribution in [3.8, 4) is 0 Å². The van der Waals surface area contributed by atoms with Crippen molar-refractivity contribution >= 4 is 5.69 Å². The van der Waals surface area contributed by atoms with Gasteiger partial charge in [-0.3, -0.25) is 0 Å². The molecule has 0 bridgehead atoms. The molecule has 0 radical (unpaired) electrons. The molecule has 2 rings (SSSR count). The zero-order valence-corrected chi connectivity index (χ0v) is 10.4. The summed E-state index contributed by atoms with van der Waals surface area (Å²) in [7, 11) is 4.21. The van der Waals surface area contributed by atoms with E-state index in [2.05, 4.69) is 48.6 Å². The van der Waals surface area contributed by atoms with E-state index in [1.807, 2.05) is 0 Å². The molecule has 0 atom stereocenters. The van der Waals surface area contributed by atoms with Crippen LogP contribution in [-0.2, 0) is 6.54 Å². The molecule has 0 unspecified atom stereocenters. The average molecular weight is 218 g/mol. The fourth-order valence-electron chi connectivity index (χ4n) is 2.10. The highest BCUT2D eigenvalue weighted by molar-refractivity contribution is 5.45. The Hall–Kier alpha value is -1.02. The first-order chi connectivity index (χ1) is 7.74. The Morgan fingerprint density at radius 3 is 2.75 bits per heavy atom. The molecule has 0 aromatic heterocycles. The summed E-state index contributed by atoms with van der Waals surface area (Å²) in [4.78, 5) is 2.20. The molecule has 1 aliphatic rings. The summed E-state index contributed by atoms with van der Waals surface area (Å²) in [5.74, 6) is 0.914. The minimum atomic E-state index is 0.914. The summed E-state index contributed by atoms with van der Waals surface area (Å²) in [6.07, 6.45) is 4.24. The van der Waals surface area contributed by atoms with Crippen molar-refractivity contribution in [3.05, 3.63) is 29.8 Å². The molecule has 0 amide bonds. The van der Waals surface area contributed by atoms with E-state index in [9.17, 15) is 0 Å². The zero-order chi connectivity index (χ0) is 11.4. The Morgan fingerprint density at radius 1 is 1.31 bits per heavy atom. The summed E-state index contributed by atoms with van der Waals surface area (Å²) < 4.78 is 0. The van der Waals surface area contributed by atoms with Gasteiger partial charge in [0.05, 0.1) is 0 Å². The minimum absolute atomic E-state index is 0.914. The van der Waals surface area contributed by atoms with E-state index >= 15 is 0 Å². The molecule has 0 heterocycles. The number of nitrogens with zero attached hydrogens (tertiary/aromatic N) is 1. The predicted molar refractivity (Wildman–Crippen MR) is 69.7 cm³/mol. The van der Waals surface area contributed by atoms with Crippen molar-refractivity contribution in [2.75, 3.05) is 26.0 Å². The normalized spacial score (nSPS) is 16.2. The van der Waals surface area contributed by atoms with E-state index < -0.39 is 0 Å². The van der Waals surface area contributed by atoms with Gasteiger partial charge in [0.25, 0.3) is 0 Å². The van der Waals surface area contributed by atoms with Gasteiger partial charge in [0, 0.05) is 18.8 Å². The number of nitrogens with one attached hydrogen (secondary N) is 1. The maximum atomic E-state index is 3.54. The number of benzene rings is 1. The number of hydrogen-bond acceptors (Lipinski definition) is 2. The summed E-state index contributed by atoms with van der Waals surface area (Å²) in [6, 6.07) is 8.76. The van der Waals surface area contributed by atoms with Crippen LogP contribution < -0.4 is 5.32 Å². The summed E-state index contributed by atoms with van der Waals surface area (Å²) >= 11 is 0. The van der Waals surface area contributed by atoms with Crippen LogP contribution in [0.4, 0.5) is 5.69 Å². The van der Waals surface area contributed by atoms with Gasteiger partial charge in [-0.05, 0) is 50.6 Å². The van der Waals surface area contributed by atoms with Crippen molar-refractivity contribution < 1.29 is 0 Å². The van der Waals surface area contributed by atoms with Crippen LogP contribution in [0.3, 0.4) is 0 Å². The second-order valence-electron chi connectivity index (χ2n) is 5.12. The monoisotopic (exact) mass is 218 g/mol. The molecule has 1 aromatic rings. The highest BCUT2D eigenvalue weighted by Crippen LogP contribution is 2.26. The lowest BCUT2D eigenvalue weighted by atomic mass is 9.85. The molecular formula is C14H22N2. The summed E-state index contributed by atoms with van der Waals surface area (Å²) in [5, 5.41) is 3.54. The molecule has 1 aliphatic carbocycles. The fraction of sp³-hybridized carbons (Fsp3) is 0.571. The Labute approximate surface area is 98.7 Å². The Morgan fingerprint density at radius 2 is 2.12 bits per heavy atom. The topological polar surface area (TPSA) is 15.3 Å². The molecule has 1 aromatic carbocycles. The third-order valence-electron chi connectivity index (χ3n) is 3.25. The number of rotatable bonds is 5. The van der Waals surface area contributed by atoms with Gasteiger partial charge in [0.15, 0.2) is 0 Å². The number of hydrogen-bond donors (Lipinski definition) is 1. The Bertz CT molecular complexity index is 329. The van der Waals surface area contributed by atoms with Gasteiger partial charge in [-0.25, -0.2) is 0 Å². The van der Waals surface area contributed by atoms with E-state index in [0.717, 1.165) is 19.0 Å². The highest BCUT2D eigenvalue weighted by atomic mass is 15.0. The van der Waals surface area contributed by atoms with Crippen molar-refractivity contribution in [2.24, 2.45) is 5.92 Å². The summed E-state index contributed by atoms with van der Waals surface area (Å²) in [5.41, 5.74) is 2.65. The van der Waals surface area contributed by atoms with Crippen LogP contribution in [0.25, 0.3) is 0 Å². The van der Waals surface area contributed by atoms with Gasteiger partial charge < -0.3 is 10.2 Å². The molecule has 0 spiro atoms. The van der Waals surface area contributed by atoms with Crippen LogP contribution in [0.1, 0.15) is 24.8 Å². The first-order valence-electron chi connectivity index (χ1n) is 6.21. The van der Waals surface area contributed by atoms with Crippen LogP contribution in [0.5, 0.6) is 0 Å². The average Bonchev–Trinajstić information content (AvgIpc) is 2.14. The van der Waals surface area contributed by atoms with E-state index in [4.69, 9.17) is 0 Å². The second-order valence-corrected chi connectivity index (χ2v) is 5.12. The van der Waals surface area contributed by atoms with Crippen LogP contribution in [0.2, 0.25) is 0 Å². The molecular weight excluding hydrogens is 196 g/mol. The maximum absolute atomic E-state index is 3.54. The van der Waals surface area contributed by atoms with Crippen molar-refractivity contribution in [1.82, 2.24) is 4.90 Å². The molecule has 0 saturated heterocycles. The maximum Gasteiger partial charge on any atom is 0.0343 e. The molecule has 1 saturated carbocycles. The minimum Gasteiger partial charge on any atom is -0.385 e. The van der Waals surface area contributed by atoms with Crippen molar-refractivity contribution in [2.45, 2.75) is 25.8 Å². The van der Waals surface area contributed by atoms with Crippen LogP contribution >= 0.6 is 0 Å². The van der Waals surface area contributed by atoms with Gasteiger partial charge in [-0.1, -0.05) is 18.6 Å². The zero-order valence-electron chi connectivity index (χ0n) is 10.4. The molecule has 16 heavy (non-hydrogen) atoms. The van der Waals surface area contributed by atoms with E-state index in [1.54, 1.807) is 0 Å². The molecule has 1 fully saturated rings. The van der Waals surface area contributed by atoms with E-state index in [1.165, 1.54) is 30.5 Å². The first kappa shape index (κ1) is 11.5. The van der Waals surface area contributed by atoms with Gasteiger partial charge in [-0.2, -0.15) is 0 Å². The van der Waals surface area contributed by atoms with Crippen LogP contribution in [-0.4, -0.2) is 25.5 Å². The largest absolute Gasteiger partial charge is 0.385 e. The fourth-order valence-corrected chi connectivity index (χ4v) is 2.10. The molecule has 2 nitrogen and oxygen atoms in total. The lowest BCUT2D eigenvalue weighted by Gasteiger charge is -2.26. The SMILES string of the molecule is CN(C)Cc1cccc(NCC2CCC2)c1. The quantitative estimate of drug-likeness (QED) is 0.817. The lowest BCUT2D eigenvalue weighted by molar-refractivity contribution is 0.333. The first-order valence-corrected chi connectivity index (χ1v) is 6.21. The van der Waals surface area contributed by atoms with Crippen LogP contribution in [0.15, 0.2) is 24.3 Å². The smallest absolute Gasteiger partial charge is 0.0343 e. The lowest BCUT2D eigenvalue weighted by Crippen LogP contribution is -2.21. The standard InChI is InChI=1S/C14H22N2/c1-16(2)11-13-7-4-8-14(9-13)15-10-12-5-3-6-12/h4,7-9,12,15H,3,5-6,10-11H2,1-2H3. The van der Waals surface area contributed by atoms with Crippen LogP contribution in [0, 0.1) is 5.92 Å².